The summed E-state index contributed by atoms with van der Waals surface area (Å²) in [6.07, 6.45) is -0.645. The van der Waals surface area contributed by atoms with Crippen molar-refractivity contribution in [2.45, 2.75) is 20.0 Å². The van der Waals surface area contributed by atoms with Gasteiger partial charge in [0, 0.05) is 0 Å². The minimum absolute atomic E-state index is 0.333. The van der Waals surface area contributed by atoms with Gasteiger partial charge in [0.1, 0.15) is 5.75 Å². The minimum atomic E-state index is -0.645. The van der Waals surface area contributed by atoms with Crippen LogP contribution in [-0.4, -0.2) is 18.7 Å². The molecule has 0 aliphatic heterocycles. The van der Waals surface area contributed by atoms with Crippen LogP contribution in [0.1, 0.15) is 19.4 Å². The fraction of sp³-hybridized carbons (Fsp3) is 0.333. The molecule has 1 rings (SSSR count). The second kappa shape index (κ2) is 5.76. The standard InChI is InChI=1S/C12H13NO3/c1-3-15-12(14)9(2)16-11-6-4-10(8-13)5-7-11/h4-7,9H,3H2,1-2H3/t9-/m1/s1. The van der Waals surface area contributed by atoms with Crippen molar-refractivity contribution in [2.75, 3.05) is 6.61 Å². The van der Waals surface area contributed by atoms with Crippen molar-refractivity contribution in [3.63, 3.8) is 0 Å². The van der Waals surface area contributed by atoms with Gasteiger partial charge in [-0.3, -0.25) is 0 Å². The SMILES string of the molecule is CCOC(=O)[C@@H](C)Oc1ccc(C#N)cc1. The number of benzene rings is 1. The van der Waals surface area contributed by atoms with E-state index < -0.39 is 12.1 Å². The van der Waals surface area contributed by atoms with Crippen molar-refractivity contribution in [2.24, 2.45) is 0 Å². The van der Waals surface area contributed by atoms with Crippen molar-refractivity contribution in [3.05, 3.63) is 29.8 Å². The number of ether oxygens (including phenoxy) is 2. The highest BCUT2D eigenvalue weighted by atomic mass is 16.6. The van der Waals surface area contributed by atoms with Gasteiger partial charge < -0.3 is 9.47 Å². The normalized spacial score (nSPS) is 11.3. The predicted octanol–water partition coefficient (Wildman–Crippen LogP) is 1.89. The smallest absolute Gasteiger partial charge is 0.347 e. The summed E-state index contributed by atoms with van der Waals surface area (Å²) in [7, 11) is 0. The molecule has 84 valence electrons. The van der Waals surface area contributed by atoms with E-state index in [0.29, 0.717) is 17.9 Å². The second-order valence-electron chi connectivity index (χ2n) is 3.15. The number of rotatable bonds is 4. The maximum absolute atomic E-state index is 11.3. The van der Waals surface area contributed by atoms with Crippen LogP contribution in [0, 0.1) is 11.3 Å². The number of carbonyl (C=O) groups is 1. The lowest BCUT2D eigenvalue weighted by atomic mass is 10.2. The van der Waals surface area contributed by atoms with E-state index in [0.717, 1.165) is 0 Å². The molecular formula is C12H13NO3. The third kappa shape index (κ3) is 3.28. The van der Waals surface area contributed by atoms with Crippen LogP contribution >= 0.6 is 0 Å². The number of esters is 1. The third-order valence-corrected chi connectivity index (χ3v) is 1.91. The largest absolute Gasteiger partial charge is 0.479 e. The van der Waals surface area contributed by atoms with E-state index in [9.17, 15) is 4.79 Å². The molecule has 1 aromatic rings. The summed E-state index contributed by atoms with van der Waals surface area (Å²) < 4.78 is 10.1. The molecule has 1 aromatic carbocycles. The van der Waals surface area contributed by atoms with Gasteiger partial charge in [-0.15, -0.1) is 0 Å². The van der Waals surface area contributed by atoms with Crippen molar-refractivity contribution >= 4 is 5.97 Å². The summed E-state index contributed by atoms with van der Waals surface area (Å²) in [4.78, 5) is 11.3. The number of hydrogen-bond acceptors (Lipinski definition) is 4. The first kappa shape index (κ1) is 12.1. The fourth-order valence-corrected chi connectivity index (χ4v) is 1.12. The number of carbonyl (C=O) groups excluding carboxylic acids is 1. The molecule has 0 radical (unpaired) electrons. The van der Waals surface area contributed by atoms with E-state index in [1.807, 2.05) is 6.07 Å². The van der Waals surface area contributed by atoms with Crippen molar-refractivity contribution < 1.29 is 14.3 Å². The molecule has 0 bridgehead atoms. The van der Waals surface area contributed by atoms with E-state index in [4.69, 9.17) is 14.7 Å². The predicted molar refractivity (Wildman–Crippen MR) is 57.9 cm³/mol. The molecule has 0 aliphatic carbocycles. The van der Waals surface area contributed by atoms with Crippen LogP contribution in [0.4, 0.5) is 0 Å². The Kier molecular flexibility index (Phi) is 4.34. The Morgan fingerprint density at radius 3 is 2.56 bits per heavy atom. The first-order chi connectivity index (χ1) is 7.67. The molecule has 0 amide bonds. The first-order valence-corrected chi connectivity index (χ1v) is 5.00. The van der Waals surface area contributed by atoms with Gasteiger partial charge in [-0.25, -0.2) is 4.79 Å². The summed E-state index contributed by atoms with van der Waals surface area (Å²) in [5.74, 6) is 0.145. The second-order valence-corrected chi connectivity index (χ2v) is 3.15. The zero-order valence-electron chi connectivity index (χ0n) is 9.27. The Morgan fingerprint density at radius 2 is 2.06 bits per heavy atom. The van der Waals surface area contributed by atoms with Gasteiger partial charge in [0.25, 0.3) is 0 Å². The first-order valence-electron chi connectivity index (χ1n) is 5.00. The van der Waals surface area contributed by atoms with Gasteiger partial charge in [0.15, 0.2) is 6.10 Å². The van der Waals surface area contributed by atoms with Crippen molar-refractivity contribution in [1.29, 1.82) is 5.26 Å². The molecule has 0 aromatic heterocycles. The quantitative estimate of drug-likeness (QED) is 0.725. The number of hydrogen-bond donors (Lipinski definition) is 0. The summed E-state index contributed by atoms with van der Waals surface area (Å²) in [6, 6.07) is 8.56. The zero-order valence-corrected chi connectivity index (χ0v) is 9.27. The summed E-state index contributed by atoms with van der Waals surface area (Å²) >= 11 is 0. The maximum atomic E-state index is 11.3. The van der Waals surface area contributed by atoms with Crippen molar-refractivity contribution in [3.8, 4) is 11.8 Å². The van der Waals surface area contributed by atoms with Gasteiger partial charge in [-0.2, -0.15) is 5.26 Å². The van der Waals surface area contributed by atoms with E-state index in [1.54, 1.807) is 38.1 Å². The Morgan fingerprint density at radius 1 is 1.44 bits per heavy atom. The summed E-state index contributed by atoms with van der Waals surface area (Å²) in [5, 5.41) is 8.60. The van der Waals surface area contributed by atoms with Crippen molar-refractivity contribution in [1.82, 2.24) is 0 Å². The van der Waals surface area contributed by atoms with E-state index in [-0.39, 0.29) is 0 Å². The highest BCUT2D eigenvalue weighted by molar-refractivity contribution is 5.74. The van der Waals surface area contributed by atoms with Crippen LogP contribution in [-0.2, 0) is 9.53 Å². The molecule has 0 heterocycles. The highest BCUT2D eigenvalue weighted by Crippen LogP contribution is 2.13. The molecule has 0 saturated carbocycles. The minimum Gasteiger partial charge on any atom is -0.479 e. The van der Waals surface area contributed by atoms with Crippen LogP contribution in [0.15, 0.2) is 24.3 Å². The molecule has 0 fully saturated rings. The molecule has 1 atom stereocenters. The zero-order chi connectivity index (χ0) is 12.0. The molecule has 4 nitrogen and oxygen atoms in total. The monoisotopic (exact) mass is 219 g/mol. The Bertz CT molecular complexity index is 392. The molecule has 0 unspecified atom stereocenters. The summed E-state index contributed by atoms with van der Waals surface area (Å²) in [5.41, 5.74) is 0.552. The molecule has 0 N–H and O–H groups in total. The highest BCUT2D eigenvalue weighted by Gasteiger charge is 2.15. The van der Waals surface area contributed by atoms with Gasteiger partial charge in [0.2, 0.25) is 0 Å². The number of nitriles is 1. The topological polar surface area (TPSA) is 59.3 Å². The van der Waals surface area contributed by atoms with Gasteiger partial charge in [0.05, 0.1) is 18.2 Å². The third-order valence-electron chi connectivity index (χ3n) is 1.91. The molecule has 4 heteroatoms. The number of nitrogens with zero attached hydrogens (tertiary/aromatic N) is 1. The molecule has 0 saturated heterocycles. The molecule has 16 heavy (non-hydrogen) atoms. The summed E-state index contributed by atoms with van der Waals surface area (Å²) in [6.45, 7) is 3.70. The fourth-order valence-electron chi connectivity index (χ4n) is 1.12. The van der Waals surface area contributed by atoms with Gasteiger partial charge >= 0.3 is 5.97 Å². The lowest BCUT2D eigenvalue weighted by molar-refractivity contribution is -0.150. The maximum Gasteiger partial charge on any atom is 0.347 e. The lowest BCUT2D eigenvalue weighted by Crippen LogP contribution is -2.25. The van der Waals surface area contributed by atoms with E-state index in [2.05, 4.69) is 0 Å². The average Bonchev–Trinajstić information content (AvgIpc) is 2.30. The lowest BCUT2D eigenvalue weighted by Gasteiger charge is -2.12. The average molecular weight is 219 g/mol. The Balaban J connectivity index is 2.59. The van der Waals surface area contributed by atoms with E-state index in [1.165, 1.54) is 0 Å². The van der Waals surface area contributed by atoms with Crippen LogP contribution in [0.3, 0.4) is 0 Å². The molecular weight excluding hydrogens is 206 g/mol. The van der Waals surface area contributed by atoms with Gasteiger partial charge in [-0.05, 0) is 38.1 Å². The van der Waals surface area contributed by atoms with Gasteiger partial charge in [-0.1, -0.05) is 0 Å². The van der Waals surface area contributed by atoms with Crippen LogP contribution in [0.25, 0.3) is 0 Å². The van der Waals surface area contributed by atoms with E-state index >= 15 is 0 Å². The molecule has 0 aliphatic rings. The van der Waals surface area contributed by atoms with Crippen LogP contribution < -0.4 is 4.74 Å². The van der Waals surface area contributed by atoms with Crippen LogP contribution in [0.5, 0.6) is 5.75 Å². The van der Waals surface area contributed by atoms with Crippen LogP contribution in [0.2, 0.25) is 0 Å². The Labute approximate surface area is 94.4 Å². The Hall–Kier alpha value is -2.02. The molecule has 0 spiro atoms.